The first kappa shape index (κ1) is 15.9. The Morgan fingerprint density at radius 3 is 2.57 bits per heavy atom. The van der Waals surface area contributed by atoms with Crippen LogP contribution in [0.3, 0.4) is 0 Å². The first-order chi connectivity index (χ1) is 11.2. The molecule has 2 amide bonds. The van der Waals surface area contributed by atoms with E-state index in [9.17, 15) is 4.79 Å². The molecule has 0 spiro atoms. The summed E-state index contributed by atoms with van der Waals surface area (Å²) in [5.41, 5.74) is 2.24. The van der Waals surface area contributed by atoms with Gasteiger partial charge in [-0.25, -0.2) is 4.79 Å². The molecule has 2 aromatic rings. The molecule has 1 fully saturated rings. The lowest BCUT2D eigenvalue weighted by Gasteiger charge is -2.28. The Labute approximate surface area is 140 Å². The van der Waals surface area contributed by atoms with E-state index >= 15 is 0 Å². The average molecular weight is 330 g/mol. The van der Waals surface area contributed by atoms with E-state index in [1.807, 2.05) is 24.3 Å². The summed E-state index contributed by atoms with van der Waals surface area (Å²) < 4.78 is 5.12. The molecule has 1 aromatic heterocycles. The molecule has 1 aliphatic rings. The number of thiophene rings is 1. The molecule has 5 heteroatoms. The quantitative estimate of drug-likeness (QED) is 0.854. The summed E-state index contributed by atoms with van der Waals surface area (Å²) >= 11 is 1.73. The van der Waals surface area contributed by atoms with Crippen LogP contribution in [0.5, 0.6) is 5.75 Å². The molecular formula is C18H22N2O2S. The molecule has 0 bridgehead atoms. The van der Waals surface area contributed by atoms with E-state index < -0.39 is 0 Å². The van der Waals surface area contributed by atoms with E-state index in [0.29, 0.717) is 6.54 Å². The fourth-order valence-corrected chi connectivity index (χ4v) is 4.06. The molecule has 1 heterocycles. The van der Waals surface area contributed by atoms with Crippen LogP contribution in [-0.2, 0) is 5.41 Å². The van der Waals surface area contributed by atoms with Crippen molar-refractivity contribution in [2.45, 2.75) is 31.1 Å². The van der Waals surface area contributed by atoms with Crippen LogP contribution in [0.1, 0.15) is 31.2 Å². The Bertz CT molecular complexity index is 632. The molecule has 2 N–H and O–H groups in total. The number of carbonyl (C=O) groups excluding carboxylic acids is 1. The zero-order valence-corrected chi connectivity index (χ0v) is 14.1. The van der Waals surface area contributed by atoms with Crippen LogP contribution < -0.4 is 15.4 Å². The molecule has 1 aliphatic carbocycles. The van der Waals surface area contributed by atoms with Crippen molar-refractivity contribution in [1.29, 1.82) is 0 Å². The summed E-state index contributed by atoms with van der Waals surface area (Å²) in [7, 11) is 1.63. The second kappa shape index (κ2) is 7.04. The van der Waals surface area contributed by atoms with Crippen molar-refractivity contribution in [1.82, 2.24) is 5.32 Å². The molecule has 3 rings (SSSR count). The van der Waals surface area contributed by atoms with Gasteiger partial charge >= 0.3 is 6.03 Å². The van der Waals surface area contributed by atoms with Gasteiger partial charge in [0, 0.05) is 17.6 Å². The van der Waals surface area contributed by atoms with E-state index in [2.05, 4.69) is 27.5 Å². The monoisotopic (exact) mass is 330 g/mol. The number of nitrogens with one attached hydrogen (secondary N) is 2. The Morgan fingerprint density at radius 1 is 1.22 bits per heavy atom. The van der Waals surface area contributed by atoms with Crippen LogP contribution in [0.2, 0.25) is 0 Å². The predicted molar refractivity (Wildman–Crippen MR) is 94.5 cm³/mol. The zero-order valence-electron chi connectivity index (χ0n) is 13.3. The van der Waals surface area contributed by atoms with Crippen molar-refractivity contribution in [3.05, 3.63) is 46.7 Å². The number of carbonyl (C=O) groups is 1. The second-order valence-corrected chi connectivity index (χ2v) is 6.82. The summed E-state index contributed by atoms with van der Waals surface area (Å²) in [6, 6.07) is 9.38. The summed E-state index contributed by atoms with van der Waals surface area (Å²) in [5, 5.41) is 10.3. The molecule has 0 radical (unpaired) electrons. The van der Waals surface area contributed by atoms with Crippen LogP contribution in [0, 0.1) is 0 Å². The van der Waals surface area contributed by atoms with Crippen LogP contribution in [0.25, 0.3) is 0 Å². The lowest BCUT2D eigenvalue weighted by Crippen LogP contribution is -2.40. The Kier molecular flexibility index (Phi) is 4.86. The normalized spacial score (nSPS) is 16.0. The number of hydrogen-bond donors (Lipinski definition) is 2. The maximum Gasteiger partial charge on any atom is 0.319 e. The Hall–Kier alpha value is -2.01. The third-order valence-electron chi connectivity index (χ3n) is 4.63. The van der Waals surface area contributed by atoms with E-state index in [1.165, 1.54) is 18.4 Å². The first-order valence-corrected chi connectivity index (χ1v) is 8.88. The number of urea groups is 1. The third-order valence-corrected chi connectivity index (χ3v) is 5.31. The third kappa shape index (κ3) is 3.67. The lowest BCUT2D eigenvalue weighted by molar-refractivity contribution is 0.248. The standard InChI is InChI=1S/C18H22N2O2S/c1-22-16-6-4-15(5-7-16)20-17(21)19-13-18(9-2-3-10-18)14-8-11-23-12-14/h4-8,11-12H,2-3,9-10,13H2,1H3,(H2,19,20,21). The number of anilines is 1. The minimum Gasteiger partial charge on any atom is -0.497 e. The van der Waals surface area contributed by atoms with E-state index in [1.54, 1.807) is 18.4 Å². The Balaban J connectivity index is 1.59. The summed E-state index contributed by atoms with van der Waals surface area (Å²) in [6.45, 7) is 0.686. The molecule has 0 unspecified atom stereocenters. The smallest absolute Gasteiger partial charge is 0.319 e. The maximum atomic E-state index is 12.2. The molecule has 122 valence electrons. The summed E-state index contributed by atoms with van der Waals surface area (Å²) in [5.74, 6) is 0.776. The van der Waals surface area contributed by atoms with Gasteiger partial charge in [-0.15, -0.1) is 0 Å². The average Bonchev–Trinajstić information content (AvgIpc) is 3.26. The first-order valence-electron chi connectivity index (χ1n) is 7.93. The van der Waals surface area contributed by atoms with Gasteiger partial charge in [0.1, 0.15) is 5.75 Å². The fourth-order valence-electron chi connectivity index (χ4n) is 3.28. The Morgan fingerprint density at radius 2 is 1.96 bits per heavy atom. The van der Waals surface area contributed by atoms with Gasteiger partial charge in [0.15, 0.2) is 0 Å². The lowest BCUT2D eigenvalue weighted by atomic mass is 9.80. The highest BCUT2D eigenvalue weighted by atomic mass is 32.1. The van der Waals surface area contributed by atoms with Gasteiger partial charge in [0.2, 0.25) is 0 Å². The molecule has 1 saturated carbocycles. The molecule has 0 atom stereocenters. The summed E-state index contributed by atoms with van der Waals surface area (Å²) in [6.07, 6.45) is 4.76. The van der Waals surface area contributed by atoms with Crippen LogP contribution in [0.15, 0.2) is 41.1 Å². The number of amides is 2. The van der Waals surface area contributed by atoms with Gasteiger partial charge in [-0.05, 0) is 59.5 Å². The van der Waals surface area contributed by atoms with Crippen molar-refractivity contribution in [3.8, 4) is 5.75 Å². The summed E-state index contributed by atoms with van der Waals surface area (Å²) in [4.78, 5) is 12.2. The van der Waals surface area contributed by atoms with E-state index in [0.717, 1.165) is 24.3 Å². The van der Waals surface area contributed by atoms with E-state index in [4.69, 9.17) is 4.74 Å². The predicted octanol–water partition coefficient (Wildman–Crippen LogP) is 4.39. The van der Waals surface area contributed by atoms with Gasteiger partial charge in [-0.3, -0.25) is 0 Å². The van der Waals surface area contributed by atoms with Crippen LogP contribution in [-0.4, -0.2) is 19.7 Å². The number of rotatable bonds is 5. The topological polar surface area (TPSA) is 50.4 Å². The van der Waals surface area contributed by atoms with Gasteiger partial charge in [0.25, 0.3) is 0 Å². The highest BCUT2D eigenvalue weighted by molar-refractivity contribution is 7.08. The van der Waals surface area contributed by atoms with Gasteiger partial charge in [-0.2, -0.15) is 11.3 Å². The number of hydrogen-bond acceptors (Lipinski definition) is 3. The molecule has 23 heavy (non-hydrogen) atoms. The van der Waals surface area contributed by atoms with Crippen molar-refractivity contribution < 1.29 is 9.53 Å². The minimum atomic E-state index is -0.156. The largest absolute Gasteiger partial charge is 0.497 e. The van der Waals surface area contributed by atoms with Crippen LogP contribution in [0.4, 0.5) is 10.5 Å². The van der Waals surface area contributed by atoms with Crippen LogP contribution >= 0.6 is 11.3 Å². The minimum absolute atomic E-state index is 0.108. The molecule has 1 aromatic carbocycles. The van der Waals surface area contributed by atoms with Crippen molar-refractivity contribution in [2.75, 3.05) is 19.0 Å². The van der Waals surface area contributed by atoms with Crippen molar-refractivity contribution >= 4 is 23.1 Å². The number of methoxy groups -OCH3 is 1. The fraction of sp³-hybridized carbons (Fsp3) is 0.389. The van der Waals surface area contributed by atoms with Gasteiger partial charge in [0.05, 0.1) is 7.11 Å². The van der Waals surface area contributed by atoms with Crippen molar-refractivity contribution in [3.63, 3.8) is 0 Å². The highest BCUT2D eigenvalue weighted by Crippen LogP contribution is 2.41. The number of benzene rings is 1. The number of ether oxygens (including phenoxy) is 1. The SMILES string of the molecule is COc1ccc(NC(=O)NCC2(c3ccsc3)CCCC2)cc1. The molecule has 0 aliphatic heterocycles. The molecular weight excluding hydrogens is 308 g/mol. The highest BCUT2D eigenvalue weighted by Gasteiger charge is 2.36. The van der Waals surface area contributed by atoms with Gasteiger partial charge in [-0.1, -0.05) is 12.8 Å². The van der Waals surface area contributed by atoms with Gasteiger partial charge < -0.3 is 15.4 Å². The second-order valence-electron chi connectivity index (χ2n) is 6.04. The van der Waals surface area contributed by atoms with E-state index in [-0.39, 0.29) is 11.4 Å². The van der Waals surface area contributed by atoms with Crippen molar-refractivity contribution in [2.24, 2.45) is 0 Å². The zero-order chi connectivity index (χ0) is 16.1. The molecule has 0 saturated heterocycles. The maximum absolute atomic E-state index is 12.2. The molecule has 4 nitrogen and oxygen atoms in total.